The number of nitrogens with zero attached hydrogens (tertiary/aromatic N) is 1. The van der Waals surface area contributed by atoms with Crippen molar-refractivity contribution in [3.63, 3.8) is 0 Å². The number of rotatable bonds is 4. The number of pyridine rings is 1. The Kier molecular flexibility index (Phi) is 4.04. The second kappa shape index (κ2) is 5.94. The smallest absolute Gasteiger partial charge is 0.0640 e. The SMILES string of the molecule is CNC(c1ccc(C2CCC2)cc1)c1ccncc1Cl. The summed E-state index contributed by atoms with van der Waals surface area (Å²) in [4.78, 5) is 4.05. The van der Waals surface area contributed by atoms with Gasteiger partial charge in [0, 0.05) is 12.4 Å². The zero-order chi connectivity index (χ0) is 13.9. The van der Waals surface area contributed by atoms with Gasteiger partial charge in [0.2, 0.25) is 0 Å². The summed E-state index contributed by atoms with van der Waals surface area (Å²) in [5, 5.41) is 4.04. The van der Waals surface area contributed by atoms with Crippen LogP contribution in [0.1, 0.15) is 47.9 Å². The van der Waals surface area contributed by atoms with E-state index >= 15 is 0 Å². The molecule has 20 heavy (non-hydrogen) atoms. The first-order valence-corrected chi connectivity index (χ1v) is 7.54. The van der Waals surface area contributed by atoms with Crippen LogP contribution in [0.3, 0.4) is 0 Å². The van der Waals surface area contributed by atoms with Crippen LogP contribution in [-0.2, 0) is 0 Å². The molecule has 2 aromatic rings. The average molecular weight is 287 g/mol. The minimum Gasteiger partial charge on any atom is -0.309 e. The second-order valence-electron chi connectivity index (χ2n) is 5.41. The summed E-state index contributed by atoms with van der Waals surface area (Å²) in [6, 6.07) is 11.0. The van der Waals surface area contributed by atoms with E-state index in [9.17, 15) is 0 Å². The van der Waals surface area contributed by atoms with E-state index < -0.39 is 0 Å². The van der Waals surface area contributed by atoms with Crippen LogP contribution in [0.2, 0.25) is 5.02 Å². The molecule has 1 N–H and O–H groups in total. The lowest BCUT2D eigenvalue weighted by Crippen LogP contribution is -2.18. The molecule has 1 aromatic heterocycles. The van der Waals surface area contributed by atoms with Crippen molar-refractivity contribution in [2.75, 3.05) is 7.05 Å². The summed E-state index contributed by atoms with van der Waals surface area (Å²) in [6.45, 7) is 0. The predicted molar refractivity (Wildman–Crippen MR) is 83.2 cm³/mol. The van der Waals surface area contributed by atoms with E-state index in [0.29, 0.717) is 5.02 Å². The molecule has 0 bridgehead atoms. The van der Waals surface area contributed by atoms with Crippen LogP contribution >= 0.6 is 11.6 Å². The minimum absolute atomic E-state index is 0.112. The lowest BCUT2D eigenvalue weighted by atomic mass is 9.79. The molecule has 1 fully saturated rings. The number of halogens is 1. The monoisotopic (exact) mass is 286 g/mol. The molecule has 1 aliphatic rings. The third kappa shape index (κ3) is 2.58. The maximum atomic E-state index is 6.26. The molecule has 2 nitrogen and oxygen atoms in total. The number of aromatic nitrogens is 1. The van der Waals surface area contributed by atoms with Crippen molar-refractivity contribution < 1.29 is 0 Å². The molecule has 1 heterocycles. The molecule has 0 aliphatic heterocycles. The van der Waals surface area contributed by atoms with Crippen LogP contribution in [-0.4, -0.2) is 12.0 Å². The van der Waals surface area contributed by atoms with Gasteiger partial charge in [0.05, 0.1) is 11.1 Å². The van der Waals surface area contributed by atoms with E-state index in [1.165, 1.54) is 30.4 Å². The highest BCUT2D eigenvalue weighted by atomic mass is 35.5. The summed E-state index contributed by atoms with van der Waals surface area (Å²) >= 11 is 6.26. The summed E-state index contributed by atoms with van der Waals surface area (Å²) in [6.07, 6.45) is 7.53. The van der Waals surface area contributed by atoms with Gasteiger partial charge in [-0.1, -0.05) is 42.3 Å². The molecule has 0 radical (unpaired) electrons. The van der Waals surface area contributed by atoms with E-state index in [2.05, 4.69) is 34.6 Å². The quantitative estimate of drug-likeness (QED) is 0.906. The Hall–Kier alpha value is -1.38. The van der Waals surface area contributed by atoms with E-state index in [1.54, 1.807) is 12.4 Å². The van der Waals surface area contributed by atoms with Crippen LogP contribution in [0.5, 0.6) is 0 Å². The maximum absolute atomic E-state index is 6.26. The molecule has 104 valence electrons. The van der Waals surface area contributed by atoms with Crippen molar-refractivity contribution >= 4 is 11.6 Å². The van der Waals surface area contributed by atoms with E-state index in [4.69, 9.17) is 11.6 Å². The van der Waals surface area contributed by atoms with Crippen molar-refractivity contribution in [1.82, 2.24) is 10.3 Å². The number of benzene rings is 1. The molecule has 1 aliphatic carbocycles. The molecule has 1 atom stereocenters. The van der Waals surface area contributed by atoms with Crippen LogP contribution < -0.4 is 5.32 Å². The van der Waals surface area contributed by atoms with Crippen molar-refractivity contribution in [3.8, 4) is 0 Å². The highest BCUT2D eigenvalue weighted by Crippen LogP contribution is 2.37. The molecule has 0 amide bonds. The van der Waals surface area contributed by atoms with Crippen molar-refractivity contribution in [2.45, 2.75) is 31.2 Å². The Morgan fingerprint density at radius 1 is 1.20 bits per heavy atom. The fourth-order valence-electron chi connectivity index (χ4n) is 2.82. The van der Waals surface area contributed by atoms with Gasteiger partial charge in [0.25, 0.3) is 0 Å². The molecule has 1 unspecified atom stereocenters. The Morgan fingerprint density at radius 2 is 1.95 bits per heavy atom. The van der Waals surface area contributed by atoms with Crippen LogP contribution in [0, 0.1) is 0 Å². The largest absolute Gasteiger partial charge is 0.309 e. The Labute approximate surface area is 125 Å². The normalized spacial score (nSPS) is 16.7. The van der Waals surface area contributed by atoms with Gasteiger partial charge in [-0.05, 0) is 48.6 Å². The summed E-state index contributed by atoms with van der Waals surface area (Å²) in [5.74, 6) is 0.779. The molecular formula is C17H19ClN2. The first-order chi connectivity index (χ1) is 9.79. The standard InChI is InChI=1S/C17H19ClN2/c1-19-17(15-9-10-20-11-16(15)18)14-7-5-13(6-8-14)12-3-2-4-12/h5-12,17,19H,2-4H2,1H3. The second-order valence-corrected chi connectivity index (χ2v) is 5.82. The first-order valence-electron chi connectivity index (χ1n) is 7.16. The lowest BCUT2D eigenvalue weighted by molar-refractivity contribution is 0.419. The molecular weight excluding hydrogens is 268 g/mol. The Balaban J connectivity index is 1.87. The fraction of sp³-hybridized carbons (Fsp3) is 0.353. The fourth-order valence-corrected chi connectivity index (χ4v) is 3.05. The van der Waals surface area contributed by atoms with Crippen LogP contribution in [0.15, 0.2) is 42.7 Å². The van der Waals surface area contributed by atoms with Crippen molar-refractivity contribution in [1.29, 1.82) is 0 Å². The molecule has 0 saturated heterocycles. The summed E-state index contributed by atoms with van der Waals surface area (Å²) in [7, 11) is 1.96. The number of nitrogens with one attached hydrogen (secondary N) is 1. The van der Waals surface area contributed by atoms with Gasteiger partial charge in [0.15, 0.2) is 0 Å². The highest BCUT2D eigenvalue weighted by Gasteiger charge is 2.20. The molecule has 3 heteroatoms. The molecule has 1 saturated carbocycles. The molecule has 0 spiro atoms. The minimum atomic E-state index is 0.112. The average Bonchev–Trinajstić information content (AvgIpc) is 2.41. The van der Waals surface area contributed by atoms with Crippen molar-refractivity contribution in [2.24, 2.45) is 0 Å². The van der Waals surface area contributed by atoms with E-state index in [1.807, 2.05) is 13.1 Å². The van der Waals surface area contributed by atoms with Gasteiger partial charge in [0.1, 0.15) is 0 Å². The van der Waals surface area contributed by atoms with Crippen molar-refractivity contribution in [3.05, 3.63) is 64.4 Å². The Morgan fingerprint density at radius 3 is 2.50 bits per heavy atom. The van der Waals surface area contributed by atoms with E-state index in [-0.39, 0.29) is 6.04 Å². The van der Waals surface area contributed by atoms with Gasteiger partial charge in [-0.2, -0.15) is 0 Å². The number of hydrogen-bond acceptors (Lipinski definition) is 2. The third-order valence-corrected chi connectivity index (χ3v) is 4.57. The van der Waals surface area contributed by atoms with Gasteiger partial charge in [-0.15, -0.1) is 0 Å². The molecule has 3 rings (SSSR count). The van der Waals surface area contributed by atoms with Crippen LogP contribution in [0.4, 0.5) is 0 Å². The van der Waals surface area contributed by atoms with Gasteiger partial charge in [-0.3, -0.25) is 4.98 Å². The zero-order valence-corrected chi connectivity index (χ0v) is 12.4. The van der Waals surface area contributed by atoms with Gasteiger partial charge < -0.3 is 5.32 Å². The van der Waals surface area contributed by atoms with Crippen LogP contribution in [0.25, 0.3) is 0 Å². The predicted octanol–water partition coefficient (Wildman–Crippen LogP) is 4.31. The molecule has 1 aromatic carbocycles. The zero-order valence-electron chi connectivity index (χ0n) is 11.6. The van der Waals surface area contributed by atoms with Gasteiger partial charge in [-0.25, -0.2) is 0 Å². The summed E-state index contributed by atoms with van der Waals surface area (Å²) in [5.41, 5.74) is 3.78. The topological polar surface area (TPSA) is 24.9 Å². The third-order valence-electron chi connectivity index (χ3n) is 4.25. The number of hydrogen-bond donors (Lipinski definition) is 1. The van der Waals surface area contributed by atoms with E-state index in [0.717, 1.165) is 11.5 Å². The van der Waals surface area contributed by atoms with Gasteiger partial charge >= 0.3 is 0 Å². The highest BCUT2D eigenvalue weighted by molar-refractivity contribution is 6.31. The lowest BCUT2D eigenvalue weighted by Gasteiger charge is -2.26. The maximum Gasteiger partial charge on any atom is 0.0640 e. The first kappa shape index (κ1) is 13.6. The Bertz CT molecular complexity index is 576. The summed E-state index contributed by atoms with van der Waals surface area (Å²) < 4.78 is 0.